The molecule has 18 heavy (non-hydrogen) atoms. The summed E-state index contributed by atoms with van der Waals surface area (Å²) >= 11 is 11.5. The first kappa shape index (κ1) is 13.6. The molecule has 0 aliphatic carbocycles. The van der Waals surface area contributed by atoms with Crippen LogP contribution in [0.1, 0.15) is 19.3 Å². The van der Waals surface area contributed by atoms with Gasteiger partial charge < -0.3 is 15.3 Å². The van der Waals surface area contributed by atoms with Crippen LogP contribution in [-0.2, 0) is 0 Å². The van der Waals surface area contributed by atoms with Crippen LogP contribution in [0.15, 0.2) is 24.3 Å². The lowest BCUT2D eigenvalue weighted by Gasteiger charge is -2.36. The zero-order valence-electron chi connectivity index (χ0n) is 10.1. The van der Waals surface area contributed by atoms with Gasteiger partial charge in [0, 0.05) is 6.54 Å². The molecular formula is C13H17ClN2OS. The summed E-state index contributed by atoms with van der Waals surface area (Å²) in [6.45, 7) is 1.03. The van der Waals surface area contributed by atoms with Gasteiger partial charge in [-0.15, -0.1) is 0 Å². The van der Waals surface area contributed by atoms with E-state index in [1.807, 2.05) is 24.3 Å². The number of rotatable bonds is 2. The molecular weight excluding hydrogens is 268 g/mol. The fourth-order valence-electron chi connectivity index (χ4n) is 2.21. The number of hydrogen-bond donors (Lipinski definition) is 2. The van der Waals surface area contributed by atoms with E-state index in [-0.39, 0.29) is 12.6 Å². The lowest BCUT2D eigenvalue weighted by Crippen LogP contribution is -2.47. The summed E-state index contributed by atoms with van der Waals surface area (Å²) in [6, 6.07) is 7.64. The van der Waals surface area contributed by atoms with E-state index in [1.165, 1.54) is 0 Å². The molecule has 1 saturated heterocycles. The van der Waals surface area contributed by atoms with Crippen molar-refractivity contribution in [3.63, 3.8) is 0 Å². The third kappa shape index (κ3) is 3.13. The van der Waals surface area contributed by atoms with Gasteiger partial charge in [-0.25, -0.2) is 0 Å². The van der Waals surface area contributed by atoms with Crippen molar-refractivity contribution in [1.29, 1.82) is 0 Å². The van der Waals surface area contributed by atoms with Crippen LogP contribution in [0.4, 0.5) is 5.69 Å². The minimum Gasteiger partial charge on any atom is -0.394 e. The zero-order chi connectivity index (χ0) is 13.0. The topological polar surface area (TPSA) is 35.5 Å². The van der Waals surface area contributed by atoms with E-state index in [2.05, 4.69) is 10.2 Å². The molecule has 1 aliphatic heterocycles. The Labute approximate surface area is 118 Å². The fourth-order valence-corrected chi connectivity index (χ4v) is 2.74. The maximum atomic E-state index is 9.38. The Hall–Kier alpha value is -0.840. The second-order valence-electron chi connectivity index (χ2n) is 4.44. The Balaban J connectivity index is 2.05. The van der Waals surface area contributed by atoms with Crippen molar-refractivity contribution in [2.45, 2.75) is 25.3 Å². The van der Waals surface area contributed by atoms with Crippen LogP contribution in [0.3, 0.4) is 0 Å². The average Bonchev–Trinajstić information content (AvgIpc) is 2.41. The first-order chi connectivity index (χ1) is 8.72. The lowest BCUT2D eigenvalue weighted by molar-refractivity contribution is 0.149. The van der Waals surface area contributed by atoms with Crippen LogP contribution in [0.5, 0.6) is 0 Å². The summed E-state index contributed by atoms with van der Waals surface area (Å²) in [5.41, 5.74) is 0.812. The Morgan fingerprint density at radius 3 is 2.94 bits per heavy atom. The minimum atomic E-state index is 0.126. The van der Waals surface area contributed by atoms with Crippen LogP contribution in [-0.4, -0.2) is 34.3 Å². The smallest absolute Gasteiger partial charge is 0.173 e. The molecule has 3 nitrogen and oxygen atoms in total. The molecule has 1 aromatic rings. The summed E-state index contributed by atoms with van der Waals surface area (Å²) in [6.07, 6.45) is 3.25. The number of piperidine rings is 1. The second-order valence-corrected chi connectivity index (χ2v) is 5.23. The quantitative estimate of drug-likeness (QED) is 0.819. The first-order valence-electron chi connectivity index (χ1n) is 6.15. The largest absolute Gasteiger partial charge is 0.394 e. The molecule has 2 rings (SSSR count). The normalized spacial score (nSPS) is 19.7. The molecule has 1 unspecified atom stereocenters. The molecule has 0 amide bonds. The van der Waals surface area contributed by atoms with E-state index in [0.717, 1.165) is 31.5 Å². The number of hydrogen-bond acceptors (Lipinski definition) is 2. The third-order valence-corrected chi connectivity index (χ3v) is 3.88. The number of benzene rings is 1. The first-order valence-corrected chi connectivity index (χ1v) is 6.94. The van der Waals surface area contributed by atoms with Gasteiger partial charge in [0.05, 0.1) is 23.4 Å². The van der Waals surface area contributed by atoms with E-state index >= 15 is 0 Å². The molecule has 98 valence electrons. The average molecular weight is 285 g/mol. The molecule has 1 fully saturated rings. The number of nitrogens with zero attached hydrogens (tertiary/aromatic N) is 1. The number of likely N-dealkylation sites (tertiary alicyclic amines) is 1. The summed E-state index contributed by atoms with van der Waals surface area (Å²) in [4.78, 5) is 2.06. The van der Waals surface area contributed by atoms with Crippen LogP contribution >= 0.6 is 23.8 Å². The molecule has 0 bridgehead atoms. The van der Waals surface area contributed by atoms with Gasteiger partial charge in [-0.05, 0) is 43.6 Å². The van der Waals surface area contributed by atoms with Crippen molar-refractivity contribution in [2.24, 2.45) is 0 Å². The SMILES string of the molecule is OCC1CCCCN1C(=S)Nc1ccccc1Cl. The van der Waals surface area contributed by atoms with Crippen molar-refractivity contribution in [3.05, 3.63) is 29.3 Å². The van der Waals surface area contributed by atoms with E-state index in [4.69, 9.17) is 23.8 Å². The second kappa shape index (κ2) is 6.36. The summed E-state index contributed by atoms with van der Waals surface area (Å²) in [5.74, 6) is 0. The Morgan fingerprint density at radius 1 is 1.44 bits per heavy atom. The van der Waals surface area contributed by atoms with Crippen molar-refractivity contribution in [1.82, 2.24) is 4.90 Å². The van der Waals surface area contributed by atoms with Gasteiger partial charge in [-0.1, -0.05) is 23.7 Å². The summed E-state index contributed by atoms with van der Waals surface area (Å²) in [7, 11) is 0. The molecule has 0 aromatic heterocycles. The highest BCUT2D eigenvalue weighted by Gasteiger charge is 2.23. The summed E-state index contributed by atoms with van der Waals surface area (Å²) < 4.78 is 0. The maximum absolute atomic E-state index is 9.38. The highest BCUT2D eigenvalue weighted by Crippen LogP contribution is 2.23. The van der Waals surface area contributed by atoms with Crippen molar-refractivity contribution in [2.75, 3.05) is 18.5 Å². The highest BCUT2D eigenvalue weighted by atomic mass is 35.5. The predicted octanol–water partition coefficient (Wildman–Crippen LogP) is 2.88. The van der Waals surface area contributed by atoms with Gasteiger partial charge in [-0.3, -0.25) is 0 Å². The number of thiocarbonyl (C=S) groups is 1. The van der Waals surface area contributed by atoms with Crippen LogP contribution in [0.25, 0.3) is 0 Å². The monoisotopic (exact) mass is 284 g/mol. The fraction of sp³-hybridized carbons (Fsp3) is 0.462. The number of aliphatic hydroxyl groups is 1. The lowest BCUT2D eigenvalue weighted by atomic mass is 10.0. The number of aliphatic hydroxyl groups excluding tert-OH is 1. The van der Waals surface area contributed by atoms with Crippen LogP contribution in [0, 0.1) is 0 Å². The van der Waals surface area contributed by atoms with E-state index in [1.54, 1.807) is 0 Å². The van der Waals surface area contributed by atoms with Gasteiger partial charge in [0.25, 0.3) is 0 Å². The number of para-hydroxylation sites is 1. The van der Waals surface area contributed by atoms with E-state index in [0.29, 0.717) is 10.1 Å². The number of anilines is 1. The van der Waals surface area contributed by atoms with Crippen molar-refractivity contribution in [3.8, 4) is 0 Å². The third-order valence-electron chi connectivity index (χ3n) is 3.21. The molecule has 1 heterocycles. The van der Waals surface area contributed by atoms with Gasteiger partial charge in [0.15, 0.2) is 5.11 Å². The Bertz CT molecular complexity index is 427. The highest BCUT2D eigenvalue weighted by molar-refractivity contribution is 7.80. The molecule has 2 N–H and O–H groups in total. The van der Waals surface area contributed by atoms with Crippen LogP contribution in [0.2, 0.25) is 5.02 Å². The standard InChI is InChI=1S/C13H17ClN2OS/c14-11-6-1-2-7-12(11)15-13(18)16-8-4-3-5-10(16)9-17/h1-2,6-7,10,17H,3-5,8-9H2,(H,15,18). The van der Waals surface area contributed by atoms with Crippen LogP contribution < -0.4 is 5.32 Å². The molecule has 0 saturated carbocycles. The van der Waals surface area contributed by atoms with Crippen molar-refractivity contribution < 1.29 is 5.11 Å². The predicted molar refractivity (Wildman–Crippen MR) is 79.1 cm³/mol. The number of nitrogens with one attached hydrogen (secondary N) is 1. The molecule has 1 atom stereocenters. The van der Waals surface area contributed by atoms with Gasteiger partial charge in [-0.2, -0.15) is 0 Å². The van der Waals surface area contributed by atoms with Gasteiger partial charge in [0.1, 0.15) is 0 Å². The van der Waals surface area contributed by atoms with Gasteiger partial charge >= 0.3 is 0 Å². The Kier molecular flexibility index (Phi) is 4.80. The molecule has 1 aliphatic rings. The van der Waals surface area contributed by atoms with E-state index in [9.17, 15) is 5.11 Å². The maximum Gasteiger partial charge on any atom is 0.173 e. The number of halogens is 1. The molecule has 0 spiro atoms. The zero-order valence-corrected chi connectivity index (χ0v) is 11.7. The molecule has 1 aromatic carbocycles. The molecule has 5 heteroatoms. The molecule has 0 radical (unpaired) electrons. The van der Waals surface area contributed by atoms with E-state index < -0.39 is 0 Å². The van der Waals surface area contributed by atoms with Crippen molar-refractivity contribution >= 4 is 34.6 Å². The Morgan fingerprint density at radius 2 is 2.22 bits per heavy atom. The van der Waals surface area contributed by atoms with Gasteiger partial charge in [0.2, 0.25) is 0 Å². The minimum absolute atomic E-state index is 0.126. The summed E-state index contributed by atoms with van der Waals surface area (Å²) in [5, 5.41) is 13.8.